The Bertz CT molecular complexity index is 624. The Balaban J connectivity index is 1.89. The molecule has 0 atom stereocenters. The summed E-state index contributed by atoms with van der Waals surface area (Å²) in [6.07, 6.45) is 2.38. The van der Waals surface area contributed by atoms with Gasteiger partial charge in [0.1, 0.15) is 16.0 Å². The van der Waals surface area contributed by atoms with Gasteiger partial charge in [-0.05, 0) is 38.3 Å². The molecule has 4 heteroatoms. The lowest BCUT2D eigenvalue weighted by molar-refractivity contribution is 0.878. The van der Waals surface area contributed by atoms with E-state index < -0.39 is 0 Å². The molecule has 1 heterocycles. The molecule has 2 nitrogen and oxygen atoms in total. The summed E-state index contributed by atoms with van der Waals surface area (Å²) in [5, 5.41) is 1.48. The maximum Gasteiger partial charge on any atom is 0.134 e. The quantitative estimate of drug-likeness (QED) is 0.761. The van der Waals surface area contributed by atoms with E-state index in [2.05, 4.69) is 42.0 Å². The lowest BCUT2D eigenvalue weighted by Gasteiger charge is -2.07. The van der Waals surface area contributed by atoms with Crippen molar-refractivity contribution in [3.8, 4) is 0 Å². The SMILES string of the molecule is Cc1ccc(Sc2cc(Cl)nc(C3CC3)n2)c(C)c1. The highest BCUT2D eigenvalue weighted by Gasteiger charge is 2.27. The fourth-order valence-electron chi connectivity index (χ4n) is 2.02. The maximum absolute atomic E-state index is 6.09. The van der Waals surface area contributed by atoms with Gasteiger partial charge in [0, 0.05) is 16.9 Å². The van der Waals surface area contributed by atoms with Crippen molar-refractivity contribution < 1.29 is 0 Å². The fourth-order valence-corrected chi connectivity index (χ4v) is 3.16. The van der Waals surface area contributed by atoms with E-state index in [1.54, 1.807) is 11.8 Å². The third-order valence-electron chi connectivity index (χ3n) is 3.18. The van der Waals surface area contributed by atoms with E-state index in [1.165, 1.54) is 28.9 Å². The molecule has 19 heavy (non-hydrogen) atoms. The second kappa shape index (κ2) is 5.14. The summed E-state index contributed by atoms with van der Waals surface area (Å²) in [7, 11) is 0. The van der Waals surface area contributed by atoms with Gasteiger partial charge in [0.25, 0.3) is 0 Å². The average Bonchev–Trinajstić information content (AvgIpc) is 3.16. The van der Waals surface area contributed by atoms with Crippen LogP contribution in [-0.4, -0.2) is 9.97 Å². The first-order valence-corrected chi connectivity index (χ1v) is 7.61. The van der Waals surface area contributed by atoms with Crippen molar-refractivity contribution >= 4 is 23.4 Å². The van der Waals surface area contributed by atoms with Gasteiger partial charge in [-0.3, -0.25) is 0 Å². The second-order valence-electron chi connectivity index (χ2n) is 5.03. The molecular formula is C15H15ClN2S. The Labute approximate surface area is 122 Å². The molecule has 0 aliphatic heterocycles. The molecule has 0 bridgehead atoms. The number of hydrogen-bond donors (Lipinski definition) is 0. The molecule has 1 aromatic carbocycles. The first-order valence-electron chi connectivity index (χ1n) is 6.41. The minimum absolute atomic E-state index is 0.525. The van der Waals surface area contributed by atoms with Crippen molar-refractivity contribution in [2.24, 2.45) is 0 Å². The molecule has 98 valence electrons. The lowest BCUT2D eigenvalue weighted by Crippen LogP contribution is -1.94. The Morgan fingerprint density at radius 2 is 1.95 bits per heavy atom. The van der Waals surface area contributed by atoms with E-state index in [9.17, 15) is 0 Å². The number of hydrogen-bond acceptors (Lipinski definition) is 3. The minimum atomic E-state index is 0.525. The van der Waals surface area contributed by atoms with Gasteiger partial charge < -0.3 is 0 Å². The van der Waals surface area contributed by atoms with Crippen LogP contribution in [0.5, 0.6) is 0 Å². The van der Waals surface area contributed by atoms with Crippen LogP contribution in [0.15, 0.2) is 34.2 Å². The number of rotatable bonds is 3. The first-order chi connectivity index (χ1) is 9.11. The van der Waals surface area contributed by atoms with Crippen molar-refractivity contribution in [3.05, 3.63) is 46.4 Å². The molecule has 2 aromatic rings. The molecule has 1 saturated carbocycles. The molecule has 0 saturated heterocycles. The van der Waals surface area contributed by atoms with Crippen molar-refractivity contribution in [1.82, 2.24) is 9.97 Å². The van der Waals surface area contributed by atoms with Gasteiger partial charge in [-0.15, -0.1) is 0 Å². The summed E-state index contributed by atoms with van der Waals surface area (Å²) in [5.74, 6) is 1.43. The van der Waals surface area contributed by atoms with Crippen LogP contribution in [0.2, 0.25) is 5.15 Å². The zero-order valence-corrected chi connectivity index (χ0v) is 12.6. The van der Waals surface area contributed by atoms with Crippen LogP contribution >= 0.6 is 23.4 Å². The third kappa shape index (κ3) is 3.10. The van der Waals surface area contributed by atoms with E-state index in [0.29, 0.717) is 11.1 Å². The molecule has 1 fully saturated rings. The summed E-state index contributed by atoms with van der Waals surface area (Å²) in [6.45, 7) is 4.23. The van der Waals surface area contributed by atoms with Crippen LogP contribution in [0.1, 0.15) is 35.7 Å². The van der Waals surface area contributed by atoms with E-state index in [-0.39, 0.29) is 0 Å². The van der Waals surface area contributed by atoms with Crippen molar-refractivity contribution in [3.63, 3.8) is 0 Å². The highest BCUT2D eigenvalue weighted by molar-refractivity contribution is 7.99. The van der Waals surface area contributed by atoms with E-state index in [1.807, 2.05) is 6.07 Å². The topological polar surface area (TPSA) is 25.8 Å². The fraction of sp³-hybridized carbons (Fsp3) is 0.333. The Hall–Kier alpha value is -1.06. The van der Waals surface area contributed by atoms with Gasteiger partial charge in [-0.2, -0.15) is 0 Å². The number of nitrogens with zero attached hydrogens (tertiary/aromatic N) is 2. The van der Waals surface area contributed by atoms with Gasteiger partial charge in [-0.1, -0.05) is 41.1 Å². The predicted octanol–water partition coefficient (Wildman–Crippen LogP) is 4.78. The molecule has 1 aliphatic carbocycles. The smallest absolute Gasteiger partial charge is 0.134 e. The minimum Gasteiger partial charge on any atom is -0.226 e. The molecule has 0 N–H and O–H groups in total. The van der Waals surface area contributed by atoms with Crippen LogP contribution in [0.25, 0.3) is 0 Å². The lowest BCUT2D eigenvalue weighted by atomic mass is 10.2. The molecule has 1 aliphatic rings. The summed E-state index contributed by atoms with van der Waals surface area (Å²) in [4.78, 5) is 10.2. The summed E-state index contributed by atoms with van der Waals surface area (Å²) >= 11 is 7.75. The van der Waals surface area contributed by atoms with E-state index in [4.69, 9.17) is 11.6 Å². The number of halogens is 1. The number of aromatic nitrogens is 2. The maximum atomic E-state index is 6.09. The van der Waals surface area contributed by atoms with Crippen molar-refractivity contribution in [2.45, 2.75) is 42.5 Å². The second-order valence-corrected chi connectivity index (χ2v) is 6.48. The number of aryl methyl sites for hydroxylation is 2. The van der Waals surface area contributed by atoms with Crippen LogP contribution in [-0.2, 0) is 0 Å². The number of benzene rings is 1. The van der Waals surface area contributed by atoms with Crippen molar-refractivity contribution in [1.29, 1.82) is 0 Å². The predicted molar refractivity (Wildman–Crippen MR) is 79.1 cm³/mol. The largest absolute Gasteiger partial charge is 0.226 e. The molecule has 0 unspecified atom stereocenters. The molecule has 0 amide bonds. The van der Waals surface area contributed by atoms with Gasteiger partial charge in [0.15, 0.2) is 0 Å². The highest BCUT2D eigenvalue weighted by Crippen LogP contribution is 2.40. The van der Waals surface area contributed by atoms with Gasteiger partial charge >= 0.3 is 0 Å². The summed E-state index contributed by atoms with van der Waals surface area (Å²) in [6, 6.07) is 8.30. The van der Waals surface area contributed by atoms with Crippen LogP contribution in [0, 0.1) is 13.8 Å². The zero-order valence-electron chi connectivity index (χ0n) is 11.0. The van der Waals surface area contributed by atoms with Crippen LogP contribution in [0.3, 0.4) is 0 Å². The normalized spacial score (nSPS) is 14.7. The molecule has 3 rings (SSSR count). The molecule has 1 aromatic heterocycles. The monoisotopic (exact) mass is 290 g/mol. The molecule has 0 radical (unpaired) electrons. The van der Waals surface area contributed by atoms with Crippen molar-refractivity contribution in [2.75, 3.05) is 0 Å². The zero-order chi connectivity index (χ0) is 13.4. The third-order valence-corrected chi connectivity index (χ3v) is 4.47. The Morgan fingerprint density at radius 1 is 1.16 bits per heavy atom. The van der Waals surface area contributed by atoms with E-state index >= 15 is 0 Å². The van der Waals surface area contributed by atoms with E-state index in [0.717, 1.165) is 10.9 Å². The molecular weight excluding hydrogens is 276 g/mol. The first kappa shape index (κ1) is 12.9. The van der Waals surface area contributed by atoms with Gasteiger partial charge in [0.05, 0.1) is 0 Å². The Morgan fingerprint density at radius 3 is 2.63 bits per heavy atom. The van der Waals surface area contributed by atoms with Gasteiger partial charge in [-0.25, -0.2) is 9.97 Å². The molecule has 0 spiro atoms. The van der Waals surface area contributed by atoms with Gasteiger partial charge in [0.2, 0.25) is 0 Å². The summed E-state index contributed by atoms with van der Waals surface area (Å²) in [5.41, 5.74) is 2.55. The Kier molecular flexibility index (Phi) is 3.50. The summed E-state index contributed by atoms with van der Waals surface area (Å²) < 4.78 is 0. The average molecular weight is 291 g/mol. The standard InChI is InChI=1S/C15H15ClN2S/c1-9-3-6-12(10(2)7-9)19-14-8-13(16)17-15(18-14)11-4-5-11/h3,6-8,11H,4-5H2,1-2H3. The van der Waals surface area contributed by atoms with Crippen LogP contribution < -0.4 is 0 Å². The van der Waals surface area contributed by atoms with Crippen LogP contribution in [0.4, 0.5) is 0 Å². The highest BCUT2D eigenvalue weighted by atomic mass is 35.5.